The maximum atomic E-state index is 5.44. The third kappa shape index (κ3) is 2.38. The molecule has 0 amide bonds. The van der Waals surface area contributed by atoms with Gasteiger partial charge in [0.1, 0.15) is 0 Å². The Kier molecular flexibility index (Phi) is 3.37. The maximum absolute atomic E-state index is 5.44. The van der Waals surface area contributed by atoms with E-state index in [1.54, 1.807) is 18.4 Å². The Labute approximate surface area is 96.5 Å². The zero-order chi connectivity index (χ0) is 10.7. The Balaban J connectivity index is 2.20. The van der Waals surface area contributed by atoms with Gasteiger partial charge >= 0.3 is 0 Å². The summed E-state index contributed by atoms with van der Waals surface area (Å²) < 4.78 is 5.84. The molecule has 15 heavy (non-hydrogen) atoms. The van der Waals surface area contributed by atoms with Crippen LogP contribution >= 0.6 is 15.9 Å². The first-order valence-electron chi connectivity index (χ1n) is 4.78. The fraction of sp³-hybridized carbons (Fsp3) is 0.556. The van der Waals surface area contributed by atoms with Crippen molar-refractivity contribution in [3.63, 3.8) is 0 Å². The summed E-state index contributed by atoms with van der Waals surface area (Å²) in [4.78, 5) is 13.8. The van der Waals surface area contributed by atoms with Crippen molar-refractivity contribution in [3.05, 3.63) is 10.7 Å². The van der Waals surface area contributed by atoms with Gasteiger partial charge in [0.15, 0.2) is 0 Å². The number of hydrogen-bond donors (Lipinski definition) is 0. The lowest BCUT2D eigenvalue weighted by Crippen LogP contribution is -2.31. The van der Waals surface area contributed by atoms with E-state index in [0.717, 1.165) is 30.5 Å². The number of anilines is 1. The van der Waals surface area contributed by atoms with Crippen LogP contribution in [0.3, 0.4) is 0 Å². The molecule has 0 unspecified atom stereocenters. The molecular weight excluding hydrogens is 262 g/mol. The number of halogens is 1. The molecular formula is C9H12BrN3O2. The molecule has 0 radical (unpaired) electrons. The van der Waals surface area contributed by atoms with E-state index in [9.17, 15) is 0 Å². The molecule has 0 aliphatic carbocycles. The minimum absolute atomic E-state index is 0.522. The average molecular weight is 274 g/mol. The second-order valence-electron chi connectivity index (χ2n) is 3.17. The molecule has 1 aromatic rings. The van der Waals surface area contributed by atoms with E-state index in [4.69, 9.17) is 9.57 Å². The first kappa shape index (κ1) is 10.6. The second kappa shape index (κ2) is 4.76. The van der Waals surface area contributed by atoms with Crippen LogP contribution < -0.4 is 9.80 Å². The van der Waals surface area contributed by atoms with Crippen molar-refractivity contribution < 1.29 is 9.57 Å². The number of rotatable bonds is 2. The molecule has 2 heterocycles. The summed E-state index contributed by atoms with van der Waals surface area (Å²) >= 11 is 3.31. The van der Waals surface area contributed by atoms with Crippen LogP contribution in [0.2, 0.25) is 0 Å². The van der Waals surface area contributed by atoms with Crippen LogP contribution in [0.5, 0.6) is 5.88 Å². The molecule has 1 aliphatic rings. The van der Waals surface area contributed by atoms with Gasteiger partial charge in [0, 0.05) is 6.54 Å². The van der Waals surface area contributed by atoms with Crippen molar-refractivity contribution in [1.29, 1.82) is 0 Å². The monoisotopic (exact) mass is 273 g/mol. The summed E-state index contributed by atoms with van der Waals surface area (Å²) in [6.07, 6.45) is 3.85. The highest BCUT2D eigenvalue weighted by Gasteiger charge is 2.16. The van der Waals surface area contributed by atoms with E-state index in [0.29, 0.717) is 11.8 Å². The van der Waals surface area contributed by atoms with Crippen molar-refractivity contribution in [2.24, 2.45) is 0 Å². The van der Waals surface area contributed by atoms with Gasteiger partial charge in [0.2, 0.25) is 5.88 Å². The number of aromatic nitrogens is 2. The van der Waals surface area contributed by atoms with E-state index < -0.39 is 0 Å². The largest absolute Gasteiger partial charge is 0.480 e. The molecule has 0 saturated carbocycles. The lowest BCUT2D eigenvalue weighted by Gasteiger charge is -2.25. The smallest absolute Gasteiger partial charge is 0.253 e. The Bertz CT molecular complexity index is 342. The Morgan fingerprint density at radius 2 is 2.40 bits per heavy atom. The molecule has 0 spiro atoms. The standard InChI is InChI=1S/C9H12BrN3O2/c1-14-8-7(10)6-11-9(12-8)13-4-2-3-5-15-13/h6H,2-5H2,1H3. The van der Waals surface area contributed by atoms with Gasteiger partial charge in [-0.15, -0.1) is 0 Å². The molecule has 1 fully saturated rings. The van der Waals surface area contributed by atoms with Crippen molar-refractivity contribution in [3.8, 4) is 5.88 Å². The highest BCUT2D eigenvalue weighted by Crippen LogP contribution is 2.24. The molecule has 1 aromatic heterocycles. The van der Waals surface area contributed by atoms with E-state index >= 15 is 0 Å². The van der Waals surface area contributed by atoms with Crippen LogP contribution in [0.15, 0.2) is 10.7 Å². The van der Waals surface area contributed by atoms with Crippen LogP contribution in [-0.2, 0) is 4.84 Å². The van der Waals surface area contributed by atoms with E-state index in [2.05, 4.69) is 25.9 Å². The van der Waals surface area contributed by atoms with Crippen molar-refractivity contribution in [2.75, 3.05) is 25.3 Å². The number of methoxy groups -OCH3 is 1. The molecule has 1 saturated heterocycles. The fourth-order valence-electron chi connectivity index (χ4n) is 1.36. The summed E-state index contributed by atoms with van der Waals surface area (Å²) in [6.45, 7) is 1.55. The molecule has 5 nitrogen and oxygen atoms in total. The molecule has 82 valence electrons. The molecule has 0 bridgehead atoms. The van der Waals surface area contributed by atoms with Crippen LogP contribution in [-0.4, -0.2) is 30.2 Å². The fourth-order valence-corrected chi connectivity index (χ4v) is 1.71. The minimum Gasteiger partial charge on any atom is -0.480 e. The molecule has 2 rings (SSSR count). The van der Waals surface area contributed by atoms with Crippen LogP contribution in [0.4, 0.5) is 5.95 Å². The van der Waals surface area contributed by atoms with Gasteiger partial charge in [-0.1, -0.05) is 0 Å². The normalized spacial score (nSPS) is 16.5. The average Bonchev–Trinajstić information content (AvgIpc) is 2.31. The second-order valence-corrected chi connectivity index (χ2v) is 4.02. The van der Waals surface area contributed by atoms with Crippen molar-refractivity contribution in [1.82, 2.24) is 9.97 Å². The predicted octanol–water partition coefficient (Wildman–Crippen LogP) is 1.78. The summed E-state index contributed by atoms with van der Waals surface area (Å²) in [5.74, 6) is 1.07. The van der Waals surface area contributed by atoms with Crippen LogP contribution in [0, 0.1) is 0 Å². The maximum Gasteiger partial charge on any atom is 0.253 e. The molecule has 6 heteroatoms. The molecule has 1 aliphatic heterocycles. The van der Waals surface area contributed by atoms with E-state index in [1.165, 1.54) is 0 Å². The zero-order valence-electron chi connectivity index (χ0n) is 8.44. The van der Waals surface area contributed by atoms with Crippen molar-refractivity contribution >= 4 is 21.9 Å². The summed E-state index contributed by atoms with van der Waals surface area (Å²) in [5.41, 5.74) is 0. The molecule has 0 N–H and O–H groups in total. The topological polar surface area (TPSA) is 47.5 Å². The number of hydrogen-bond acceptors (Lipinski definition) is 5. The first-order valence-corrected chi connectivity index (χ1v) is 5.57. The van der Waals surface area contributed by atoms with Crippen LogP contribution in [0.25, 0.3) is 0 Å². The van der Waals surface area contributed by atoms with Gasteiger partial charge in [-0.3, -0.25) is 4.84 Å². The third-order valence-corrected chi connectivity index (χ3v) is 2.66. The van der Waals surface area contributed by atoms with Gasteiger partial charge in [-0.25, -0.2) is 10.0 Å². The van der Waals surface area contributed by atoms with Gasteiger partial charge in [-0.05, 0) is 28.8 Å². The quantitative estimate of drug-likeness (QED) is 0.822. The molecule has 0 aromatic carbocycles. The van der Waals surface area contributed by atoms with Gasteiger partial charge in [-0.2, -0.15) is 4.98 Å². The van der Waals surface area contributed by atoms with Crippen LogP contribution in [0.1, 0.15) is 12.8 Å². The van der Waals surface area contributed by atoms with Gasteiger partial charge < -0.3 is 4.74 Å². The highest BCUT2D eigenvalue weighted by molar-refractivity contribution is 9.10. The SMILES string of the molecule is COc1nc(N2CCCCO2)ncc1Br. The van der Waals surface area contributed by atoms with Gasteiger partial charge in [0.05, 0.1) is 24.4 Å². The third-order valence-electron chi connectivity index (χ3n) is 2.12. The predicted molar refractivity (Wildman–Crippen MR) is 58.8 cm³/mol. The van der Waals surface area contributed by atoms with E-state index in [1.807, 2.05) is 0 Å². The minimum atomic E-state index is 0.522. The Hall–Kier alpha value is -0.880. The lowest BCUT2D eigenvalue weighted by atomic mass is 10.3. The number of ether oxygens (including phenoxy) is 1. The van der Waals surface area contributed by atoms with E-state index in [-0.39, 0.29) is 0 Å². The Morgan fingerprint density at radius 1 is 1.53 bits per heavy atom. The molecule has 0 atom stereocenters. The Morgan fingerprint density at radius 3 is 3.07 bits per heavy atom. The summed E-state index contributed by atoms with van der Waals surface area (Å²) in [5, 5.41) is 1.71. The summed E-state index contributed by atoms with van der Waals surface area (Å²) in [6, 6.07) is 0. The number of nitrogens with zero attached hydrogens (tertiary/aromatic N) is 3. The zero-order valence-corrected chi connectivity index (χ0v) is 10.0. The van der Waals surface area contributed by atoms with Crippen molar-refractivity contribution in [2.45, 2.75) is 12.8 Å². The highest BCUT2D eigenvalue weighted by atomic mass is 79.9. The van der Waals surface area contributed by atoms with Gasteiger partial charge in [0.25, 0.3) is 5.95 Å². The summed E-state index contributed by atoms with van der Waals surface area (Å²) in [7, 11) is 1.58. The first-order chi connectivity index (χ1) is 7.31. The lowest BCUT2D eigenvalue weighted by molar-refractivity contribution is 0.0740. The number of hydroxylamine groups is 1.